The van der Waals surface area contributed by atoms with E-state index in [1.165, 1.54) is 12.1 Å². The molecule has 88 valence electrons. The summed E-state index contributed by atoms with van der Waals surface area (Å²) in [4.78, 5) is 9.91. The minimum atomic E-state index is -4.64. The molecular formula is C8H7ClFNO4S. The molecule has 0 aromatic heterocycles. The summed E-state index contributed by atoms with van der Waals surface area (Å²) in [5, 5.41) is 10.8. The number of halogens is 2. The van der Waals surface area contributed by atoms with Gasteiger partial charge in [-0.25, -0.2) is 0 Å². The first-order chi connectivity index (χ1) is 7.29. The van der Waals surface area contributed by atoms with Gasteiger partial charge in [-0.15, -0.1) is 3.89 Å². The topological polar surface area (TPSA) is 77.3 Å². The van der Waals surface area contributed by atoms with Crippen LogP contribution in [0.3, 0.4) is 0 Å². The average molecular weight is 268 g/mol. The van der Waals surface area contributed by atoms with E-state index in [2.05, 4.69) is 0 Å². The molecule has 0 fully saturated rings. The summed E-state index contributed by atoms with van der Waals surface area (Å²) >= 11 is 5.61. The van der Waals surface area contributed by atoms with Gasteiger partial charge < -0.3 is 0 Å². The minimum absolute atomic E-state index is 0.0960. The first-order valence-corrected chi connectivity index (χ1v) is 6.08. The molecule has 1 aromatic rings. The van der Waals surface area contributed by atoms with Gasteiger partial charge in [-0.2, -0.15) is 8.42 Å². The van der Waals surface area contributed by atoms with Gasteiger partial charge in [-0.1, -0.05) is 11.6 Å². The molecular weight excluding hydrogens is 261 g/mol. The predicted molar refractivity (Wildman–Crippen MR) is 56.7 cm³/mol. The third kappa shape index (κ3) is 3.74. The molecule has 0 N–H and O–H groups in total. The fourth-order valence-electron chi connectivity index (χ4n) is 1.16. The minimum Gasteiger partial charge on any atom is -0.258 e. The Morgan fingerprint density at radius 2 is 2.06 bits per heavy atom. The van der Waals surface area contributed by atoms with Crippen LogP contribution in [0.2, 0.25) is 5.02 Å². The number of nitro groups is 1. The third-order valence-corrected chi connectivity index (χ3v) is 2.78. The van der Waals surface area contributed by atoms with Crippen molar-refractivity contribution < 1.29 is 17.2 Å². The lowest BCUT2D eigenvalue weighted by Gasteiger charge is -2.01. The van der Waals surface area contributed by atoms with E-state index in [1.54, 1.807) is 0 Å². The van der Waals surface area contributed by atoms with Crippen LogP contribution in [-0.4, -0.2) is 19.1 Å². The van der Waals surface area contributed by atoms with Crippen molar-refractivity contribution in [3.05, 3.63) is 38.9 Å². The van der Waals surface area contributed by atoms with Gasteiger partial charge in [0.15, 0.2) is 0 Å². The van der Waals surface area contributed by atoms with E-state index in [9.17, 15) is 22.4 Å². The molecule has 1 aromatic carbocycles. The van der Waals surface area contributed by atoms with Crippen molar-refractivity contribution in [1.29, 1.82) is 0 Å². The van der Waals surface area contributed by atoms with Crippen LogP contribution in [0.15, 0.2) is 18.2 Å². The molecule has 0 amide bonds. The van der Waals surface area contributed by atoms with Gasteiger partial charge in [-0.3, -0.25) is 10.1 Å². The summed E-state index contributed by atoms with van der Waals surface area (Å²) in [5.74, 6) is -0.797. The Morgan fingerprint density at radius 3 is 2.56 bits per heavy atom. The van der Waals surface area contributed by atoms with E-state index in [0.29, 0.717) is 0 Å². The van der Waals surface area contributed by atoms with Gasteiger partial charge in [0, 0.05) is 16.7 Å². The van der Waals surface area contributed by atoms with E-state index < -0.39 is 20.9 Å². The Kier molecular flexibility index (Phi) is 3.82. The number of rotatable bonds is 4. The molecule has 0 heterocycles. The molecule has 0 spiro atoms. The van der Waals surface area contributed by atoms with Crippen molar-refractivity contribution in [3.8, 4) is 0 Å². The van der Waals surface area contributed by atoms with Crippen molar-refractivity contribution >= 4 is 27.5 Å². The normalized spacial score (nSPS) is 11.4. The lowest BCUT2D eigenvalue weighted by Crippen LogP contribution is -2.04. The fourth-order valence-corrected chi connectivity index (χ4v) is 1.82. The summed E-state index contributed by atoms with van der Waals surface area (Å²) in [6.07, 6.45) is -0.282. The zero-order valence-electron chi connectivity index (χ0n) is 7.89. The highest BCUT2D eigenvalue weighted by Gasteiger charge is 2.16. The Balaban J connectivity index is 3.01. The van der Waals surface area contributed by atoms with Crippen LogP contribution in [0.25, 0.3) is 0 Å². The average Bonchev–Trinajstić information content (AvgIpc) is 2.13. The second kappa shape index (κ2) is 4.75. The van der Waals surface area contributed by atoms with Gasteiger partial charge in [0.25, 0.3) is 5.69 Å². The van der Waals surface area contributed by atoms with Crippen LogP contribution in [-0.2, 0) is 16.6 Å². The Hall–Kier alpha value is -1.21. The molecule has 16 heavy (non-hydrogen) atoms. The summed E-state index contributed by atoms with van der Waals surface area (Å²) in [7, 11) is -4.64. The standard InChI is InChI=1S/C8H7ClFNO4S/c9-7-1-2-8(11(12)13)6(5-7)3-4-16(10,14)15/h1-2,5H,3-4H2. The van der Waals surface area contributed by atoms with E-state index in [4.69, 9.17) is 11.6 Å². The molecule has 1 rings (SSSR count). The highest BCUT2D eigenvalue weighted by molar-refractivity contribution is 7.86. The lowest BCUT2D eigenvalue weighted by molar-refractivity contribution is -0.385. The highest BCUT2D eigenvalue weighted by Crippen LogP contribution is 2.23. The molecule has 0 aliphatic heterocycles. The zero-order chi connectivity index (χ0) is 12.3. The van der Waals surface area contributed by atoms with Crippen molar-refractivity contribution in [2.24, 2.45) is 0 Å². The first kappa shape index (κ1) is 12.9. The maximum atomic E-state index is 12.3. The first-order valence-electron chi connectivity index (χ1n) is 4.15. The number of nitro benzene ring substituents is 1. The van der Waals surface area contributed by atoms with Gasteiger partial charge in [-0.05, 0) is 18.6 Å². The summed E-state index contributed by atoms with van der Waals surface area (Å²) in [5.41, 5.74) is -0.174. The summed E-state index contributed by atoms with van der Waals surface area (Å²) < 4.78 is 32.9. The van der Waals surface area contributed by atoms with E-state index in [-0.39, 0.29) is 22.7 Å². The Bertz CT molecular complexity index is 517. The predicted octanol–water partition coefficient (Wildman–Crippen LogP) is 2.09. The summed E-state index contributed by atoms with van der Waals surface area (Å²) in [6, 6.07) is 3.72. The second-order valence-electron chi connectivity index (χ2n) is 3.02. The highest BCUT2D eigenvalue weighted by atomic mass is 35.5. The van der Waals surface area contributed by atoms with Gasteiger partial charge in [0.1, 0.15) is 0 Å². The molecule has 8 heteroatoms. The van der Waals surface area contributed by atoms with Crippen molar-refractivity contribution in [2.75, 3.05) is 5.75 Å². The molecule has 5 nitrogen and oxygen atoms in total. The van der Waals surface area contributed by atoms with Gasteiger partial charge in [0.2, 0.25) is 0 Å². The third-order valence-electron chi connectivity index (χ3n) is 1.85. The maximum absolute atomic E-state index is 12.3. The largest absolute Gasteiger partial charge is 0.302 e. The molecule has 0 saturated carbocycles. The van der Waals surface area contributed by atoms with Crippen molar-refractivity contribution in [1.82, 2.24) is 0 Å². The number of nitrogens with zero attached hydrogens (tertiary/aromatic N) is 1. The van der Waals surface area contributed by atoms with Gasteiger partial charge >= 0.3 is 10.2 Å². The Morgan fingerprint density at radius 1 is 1.44 bits per heavy atom. The molecule has 0 atom stereocenters. The van der Waals surface area contributed by atoms with E-state index in [0.717, 1.165) is 6.07 Å². The second-order valence-corrected chi connectivity index (χ2v) is 4.95. The van der Waals surface area contributed by atoms with Gasteiger partial charge in [0.05, 0.1) is 10.7 Å². The molecule has 0 aliphatic rings. The molecule has 0 unspecified atom stereocenters. The van der Waals surface area contributed by atoms with E-state index >= 15 is 0 Å². The fraction of sp³-hybridized carbons (Fsp3) is 0.250. The van der Waals surface area contributed by atoms with Crippen LogP contribution < -0.4 is 0 Å². The maximum Gasteiger partial charge on any atom is 0.302 e. The molecule has 0 bridgehead atoms. The SMILES string of the molecule is O=[N+]([O-])c1ccc(Cl)cc1CCS(=O)(=O)F. The van der Waals surface area contributed by atoms with E-state index in [1.807, 2.05) is 0 Å². The Labute approximate surface area is 96.2 Å². The summed E-state index contributed by atoms with van der Waals surface area (Å²) in [6.45, 7) is 0. The molecule has 0 saturated heterocycles. The molecule has 0 radical (unpaired) electrons. The number of benzene rings is 1. The van der Waals surface area contributed by atoms with Crippen LogP contribution in [0.5, 0.6) is 0 Å². The van der Waals surface area contributed by atoms with Crippen LogP contribution in [0, 0.1) is 10.1 Å². The van der Waals surface area contributed by atoms with Crippen molar-refractivity contribution in [3.63, 3.8) is 0 Å². The van der Waals surface area contributed by atoms with Crippen molar-refractivity contribution in [2.45, 2.75) is 6.42 Å². The van der Waals surface area contributed by atoms with Crippen LogP contribution >= 0.6 is 11.6 Å². The van der Waals surface area contributed by atoms with Crippen LogP contribution in [0.4, 0.5) is 9.57 Å². The number of hydrogen-bond donors (Lipinski definition) is 0. The van der Waals surface area contributed by atoms with Crippen LogP contribution in [0.1, 0.15) is 5.56 Å². The number of aryl methyl sites for hydroxylation is 1. The molecule has 0 aliphatic carbocycles. The number of hydrogen-bond acceptors (Lipinski definition) is 4. The quantitative estimate of drug-likeness (QED) is 0.475. The zero-order valence-corrected chi connectivity index (χ0v) is 9.46. The monoisotopic (exact) mass is 267 g/mol. The smallest absolute Gasteiger partial charge is 0.258 e. The lowest BCUT2D eigenvalue weighted by atomic mass is 10.1.